The summed E-state index contributed by atoms with van der Waals surface area (Å²) in [6.45, 7) is 2.49. The molecule has 2 amide bonds. The molecule has 1 aliphatic heterocycles. The molecule has 2 fully saturated rings. The van der Waals surface area contributed by atoms with Crippen molar-refractivity contribution in [2.75, 3.05) is 12.3 Å². The van der Waals surface area contributed by atoms with E-state index < -0.39 is 49.5 Å². The molecule has 0 radical (unpaired) electrons. The Kier molecular flexibility index (Phi) is 13.2. The number of rotatable bonds is 17. The second-order valence-corrected chi connectivity index (χ2v) is 13.9. The van der Waals surface area contributed by atoms with Crippen LogP contribution in [0.5, 0.6) is 0 Å². The maximum absolute atomic E-state index is 13.3. The second kappa shape index (κ2) is 15.3. The van der Waals surface area contributed by atoms with Crippen molar-refractivity contribution in [3.8, 4) is 0 Å². The van der Waals surface area contributed by atoms with Crippen molar-refractivity contribution in [3.63, 3.8) is 0 Å². The Labute approximate surface area is 221 Å². The van der Waals surface area contributed by atoms with Crippen LogP contribution >= 0.6 is 0 Å². The normalized spacial score (nSPS) is 21.8. The van der Waals surface area contributed by atoms with E-state index in [1.807, 2.05) is 0 Å². The lowest BCUT2D eigenvalue weighted by atomic mass is 9.85. The predicted octanol–water partition coefficient (Wildman–Crippen LogP) is 1.82. The molecule has 216 valence electrons. The fraction of sp³-hybridized carbons (Fsp3) is 0.917. The first-order chi connectivity index (χ1) is 17.4. The SMILES string of the molecule is CCCCCCCCS(=O)(=O)NC(CC1CCCCC1)C(=O)NC(CC1CCNC1=O)C(O)S(=O)(=O)O. The van der Waals surface area contributed by atoms with Crippen LogP contribution in [0.2, 0.25) is 0 Å². The van der Waals surface area contributed by atoms with E-state index in [0.29, 0.717) is 19.4 Å². The lowest BCUT2D eigenvalue weighted by Gasteiger charge is -2.29. The maximum Gasteiger partial charge on any atom is 0.294 e. The Morgan fingerprint density at radius 3 is 2.24 bits per heavy atom. The molecule has 0 spiro atoms. The summed E-state index contributed by atoms with van der Waals surface area (Å²) >= 11 is 0. The van der Waals surface area contributed by atoms with Crippen molar-refractivity contribution in [2.24, 2.45) is 11.8 Å². The molecule has 0 aromatic rings. The minimum Gasteiger partial charge on any atom is -0.374 e. The summed E-state index contributed by atoms with van der Waals surface area (Å²) in [5, 5.41) is 15.3. The fourth-order valence-corrected chi connectivity index (χ4v) is 7.16. The minimum absolute atomic E-state index is 0.118. The fourth-order valence-electron chi connectivity index (χ4n) is 5.23. The molecular formula is C24H45N3O8S2. The zero-order valence-electron chi connectivity index (χ0n) is 21.9. The first-order valence-corrected chi connectivity index (χ1v) is 16.8. The Hall–Kier alpha value is -1.28. The number of unbranched alkanes of at least 4 members (excludes halogenated alkanes) is 5. The molecule has 1 aliphatic carbocycles. The molecule has 0 aromatic heterocycles. The second-order valence-electron chi connectivity index (χ2n) is 10.5. The van der Waals surface area contributed by atoms with E-state index in [9.17, 15) is 36.1 Å². The lowest BCUT2D eigenvalue weighted by molar-refractivity contribution is -0.126. The van der Waals surface area contributed by atoms with E-state index in [1.54, 1.807) is 0 Å². The lowest BCUT2D eigenvalue weighted by Crippen LogP contribution is -2.55. The van der Waals surface area contributed by atoms with Gasteiger partial charge in [-0.2, -0.15) is 8.42 Å². The molecule has 4 unspecified atom stereocenters. The number of carbonyl (C=O) groups is 2. The van der Waals surface area contributed by atoms with Gasteiger partial charge >= 0.3 is 0 Å². The molecule has 2 aliphatic rings. The monoisotopic (exact) mass is 567 g/mol. The Morgan fingerprint density at radius 2 is 1.65 bits per heavy atom. The molecule has 13 heteroatoms. The van der Waals surface area contributed by atoms with Gasteiger partial charge in [0.25, 0.3) is 10.1 Å². The molecule has 11 nitrogen and oxygen atoms in total. The number of hydrogen-bond acceptors (Lipinski definition) is 7. The third-order valence-electron chi connectivity index (χ3n) is 7.38. The molecule has 1 heterocycles. The summed E-state index contributed by atoms with van der Waals surface area (Å²) in [7, 11) is -8.74. The Morgan fingerprint density at radius 1 is 1.00 bits per heavy atom. The van der Waals surface area contributed by atoms with Gasteiger partial charge in [-0.15, -0.1) is 0 Å². The van der Waals surface area contributed by atoms with E-state index in [2.05, 4.69) is 22.3 Å². The van der Waals surface area contributed by atoms with Gasteiger partial charge in [-0.1, -0.05) is 71.1 Å². The molecule has 0 aromatic carbocycles. The minimum atomic E-state index is -4.95. The van der Waals surface area contributed by atoms with Gasteiger partial charge in [-0.3, -0.25) is 14.1 Å². The van der Waals surface area contributed by atoms with E-state index in [0.717, 1.165) is 64.2 Å². The number of aliphatic hydroxyl groups is 1. The summed E-state index contributed by atoms with van der Waals surface area (Å²) in [6.07, 6.45) is 10.7. The topological polar surface area (TPSA) is 179 Å². The summed E-state index contributed by atoms with van der Waals surface area (Å²) < 4.78 is 61.0. The van der Waals surface area contributed by atoms with Gasteiger partial charge in [0.2, 0.25) is 27.3 Å². The third kappa shape index (κ3) is 11.6. The summed E-state index contributed by atoms with van der Waals surface area (Å²) in [6, 6.07) is -2.63. The van der Waals surface area contributed by atoms with Gasteiger partial charge in [-0.25, -0.2) is 13.1 Å². The highest BCUT2D eigenvalue weighted by Gasteiger charge is 2.38. The van der Waals surface area contributed by atoms with Crippen LogP contribution < -0.4 is 15.4 Å². The largest absolute Gasteiger partial charge is 0.374 e. The number of sulfonamides is 1. The van der Waals surface area contributed by atoms with Crippen LogP contribution in [-0.4, -0.2) is 68.1 Å². The Balaban J connectivity index is 2.12. The number of nitrogens with one attached hydrogen (secondary N) is 3. The third-order valence-corrected chi connectivity index (χ3v) is 9.79. The average Bonchev–Trinajstić information content (AvgIpc) is 3.24. The van der Waals surface area contributed by atoms with Gasteiger partial charge in [-0.05, 0) is 31.6 Å². The van der Waals surface area contributed by atoms with Crippen LogP contribution in [0, 0.1) is 11.8 Å². The highest BCUT2D eigenvalue weighted by molar-refractivity contribution is 7.89. The molecule has 1 saturated carbocycles. The van der Waals surface area contributed by atoms with Gasteiger partial charge in [0, 0.05) is 12.5 Å². The van der Waals surface area contributed by atoms with Crippen LogP contribution in [-0.2, 0) is 29.7 Å². The zero-order chi connectivity index (χ0) is 27.5. The van der Waals surface area contributed by atoms with Crippen molar-refractivity contribution in [1.29, 1.82) is 0 Å². The van der Waals surface area contributed by atoms with Crippen LogP contribution in [0.1, 0.15) is 96.8 Å². The predicted molar refractivity (Wildman–Crippen MR) is 140 cm³/mol. The van der Waals surface area contributed by atoms with Gasteiger partial charge in [0.05, 0.1) is 11.8 Å². The Bertz CT molecular complexity index is 936. The van der Waals surface area contributed by atoms with E-state index in [1.165, 1.54) is 0 Å². The first-order valence-electron chi connectivity index (χ1n) is 13.7. The highest BCUT2D eigenvalue weighted by atomic mass is 32.2. The van der Waals surface area contributed by atoms with Gasteiger partial charge in [0.1, 0.15) is 6.04 Å². The smallest absolute Gasteiger partial charge is 0.294 e. The van der Waals surface area contributed by atoms with Crippen molar-refractivity contribution < 1.29 is 36.1 Å². The highest BCUT2D eigenvalue weighted by Crippen LogP contribution is 2.28. The van der Waals surface area contributed by atoms with Crippen molar-refractivity contribution in [1.82, 2.24) is 15.4 Å². The van der Waals surface area contributed by atoms with Crippen molar-refractivity contribution in [3.05, 3.63) is 0 Å². The quantitative estimate of drug-likeness (QED) is 0.130. The van der Waals surface area contributed by atoms with Crippen LogP contribution in [0.15, 0.2) is 0 Å². The molecule has 0 bridgehead atoms. The number of hydrogen-bond donors (Lipinski definition) is 5. The molecule has 1 saturated heterocycles. The average molecular weight is 568 g/mol. The number of aliphatic hydroxyl groups excluding tert-OH is 1. The first kappa shape index (κ1) is 31.9. The van der Waals surface area contributed by atoms with Crippen LogP contribution in [0.25, 0.3) is 0 Å². The van der Waals surface area contributed by atoms with Crippen molar-refractivity contribution in [2.45, 2.75) is 114 Å². The standard InChI is InChI=1S/C24H45N3O8S2/c1-2-3-4-5-6-10-15-36(31,32)27-20(16-18-11-8-7-9-12-18)23(29)26-21(24(30)37(33,34)35)17-19-13-14-25-22(19)28/h18-21,24,27,30H,2-17H2,1H3,(H,25,28)(H,26,29)(H,33,34,35). The molecule has 4 atom stereocenters. The summed E-state index contributed by atoms with van der Waals surface area (Å²) in [5.41, 5.74) is -2.35. The molecule has 37 heavy (non-hydrogen) atoms. The van der Waals surface area contributed by atoms with Crippen molar-refractivity contribution >= 4 is 32.0 Å². The number of carbonyl (C=O) groups excluding carboxylic acids is 2. The van der Waals surface area contributed by atoms with E-state index in [4.69, 9.17) is 0 Å². The number of amides is 2. The summed E-state index contributed by atoms with van der Waals surface area (Å²) in [5.74, 6) is -1.74. The zero-order valence-corrected chi connectivity index (χ0v) is 23.5. The van der Waals surface area contributed by atoms with Crippen LogP contribution in [0.4, 0.5) is 0 Å². The van der Waals surface area contributed by atoms with E-state index >= 15 is 0 Å². The summed E-state index contributed by atoms with van der Waals surface area (Å²) in [4.78, 5) is 25.3. The van der Waals surface area contributed by atoms with Gasteiger partial charge < -0.3 is 15.7 Å². The molecule has 2 rings (SSSR count). The van der Waals surface area contributed by atoms with Crippen LogP contribution in [0.3, 0.4) is 0 Å². The van der Waals surface area contributed by atoms with Gasteiger partial charge in [0.15, 0.2) is 0 Å². The maximum atomic E-state index is 13.3. The molecule has 5 N–H and O–H groups in total. The molecular weight excluding hydrogens is 522 g/mol. The van der Waals surface area contributed by atoms with E-state index in [-0.39, 0.29) is 30.4 Å².